The standard InChI is InChI=1S/C23H25N3O4/c1-28-20-10-3-16(13-21(20)29-2)4-11-22(27)26-18-6-8-19(9-7-18)30-23-12-5-17(14-24)15-25-23/h3-5,10-13,15,18-19H,6-9H2,1-2H3,(H,26,27)/b11-4+. The number of pyridine rings is 1. The van der Waals surface area contributed by atoms with Crippen molar-refractivity contribution >= 4 is 12.0 Å². The Labute approximate surface area is 176 Å². The molecule has 7 heteroatoms. The molecule has 30 heavy (non-hydrogen) atoms. The van der Waals surface area contributed by atoms with Gasteiger partial charge in [0.1, 0.15) is 12.2 Å². The quantitative estimate of drug-likeness (QED) is 0.706. The maximum absolute atomic E-state index is 12.3. The second kappa shape index (κ2) is 10.3. The van der Waals surface area contributed by atoms with Gasteiger partial charge in [0.15, 0.2) is 11.5 Å². The van der Waals surface area contributed by atoms with Crippen LogP contribution >= 0.6 is 0 Å². The van der Waals surface area contributed by atoms with E-state index in [1.165, 1.54) is 12.3 Å². The fraction of sp³-hybridized carbons (Fsp3) is 0.348. The first-order valence-electron chi connectivity index (χ1n) is 9.84. The Morgan fingerprint density at radius 1 is 1.13 bits per heavy atom. The van der Waals surface area contributed by atoms with E-state index in [9.17, 15) is 4.79 Å². The number of carbonyl (C=O) groups is 1. The zero-order chi connectivity index (χ0) is 21.3. The van der Waals surface area contributed by atoms with E-state index in [2.05, 4.69) is 10.3 Å². The fourth-order valence-electron chi connectivity index (χ4n) is 3.39. The number of amides is 1. The summed E-state index contributed by atoms with van der Waals surface area (Å²) in [5.41, 5.74) is 1.37. The number of methoxy groups -OCH3 is 2. The number of rotatable bonds is 7. The zero-order valence-electron chi connectivity index (χ0n) is 17.1. The Balaban J connectivity index is 1.45. The molecule has 156 valence electrons. The molecular formula is C23H25N3O4. The number of hydrogen-bond acceptors (Lipinski definition) is 6. The van der Waals surface area contributed by atoms with E-state index >= 15 is 0 Å². The second-order valence-electron chi connectivity index (χ2n) is 7.04. The van der Waals surface area contributed by atoms with Crippen molar-refractivity contribution in [3.63, 3.8) is 0 Å². The van der Waals surface area contributed by atoms with Gasteiger partial charge >= 0.3 is 0 Å². The lowest BCUT2D eigenvalue weighted by atomic mass is 9.93. The molecule has 0 unspecified atom stereocenters. The molecule has 0 bridgehead atoms. The Hall–Kier alpha value is -3.53. The van der Waals surface area contributed by atoms with Crippen LogP contribution in [0, 0.1) is 11.3 Å². The highest BCUT2D eigenvalue weighted by Gasteiger charge is 2.23. The predicted octanol–water partition coefficient (Wildman–Crippen LogP) is 3.49. The molecule has 2 aromatic rings. The monoisotopic (exact) mass is 407 g/mol. The molecule has 1 aromatic carbocycles. The van der Waals surface area contributed by atoms with E-state index < -0.39 is 0 Å². The first kappa shape index (κ1) is 21.2. The van der Waals surface area contributed by atoms with Crippen molar-refractivity contribution in [1.82, 2.24) is 10.3 Å². The summed E-state index contributed by atoms with van der Waals surface area (Å²) in [6, 6.07) is 11.1. The molecule has 1 heterocycles. The van der Waals surface area contributed by atoms with Crippen molar-refractivity contribution in [2.24, 2.45) is 0 Å². The number of aromatic nitrogens is 1. The van der Waals surface area contributed by atoms with Gasteiger partial charge in [-0.05, 0) is 55.5 Å². The molecule has 0 radical (unpaired) electrons. The highest BCUT2D eigenvalue weighted by Crippen LogP contribution is 2.28. The van der Waals surface area contributed by atoms with Crippen molar-refractivity contribution in [2.45, 2.75) is 37.8 Å². The SMILES string of the molecule is COc1ccc(/C=C/C(=O)NC2CCC(Oc3ccc(C#N)cn3)CC2)cc1OC. The molecule has 0 saturated heterocycles. The summed E-state index contributed by atoms with van der Waals surface area (Å²) in [4.78, 5) is 16.4. The Kier molecular flexibility index (Phi) is 7.28. The van der Waals surface area contributed by atoms with Gasteiger partial charge in [0.05, 0.1) is 19.8 Å². The van der Waals surface area contributed by atoms with Gasteiger partial charge in [0.25, 0.3) is 0 Å². The molecule has 1 saturated carbocycles. The predicted molar refractivity (Wildman–Crippen MR) is 112 cm³/mol. The number of nitrogens with zero attached hydrogens (tertiary/aromatic N) is 2. The summed E-state index contributed by atoms with van der Waals surface area (Å²) in [7, 11) is 3.16. The van der Waals surface area contributed by atoms with Crippen LogP contribution in [-0.2, 0) is 4.79 Å². The van der Waals surface area contributed by atoms with E-state index in [0.29, 0.717) is 22.9 Å². The van der Waals surface area contributed by atoms with E-state index in [1.54, 1.807) is 38.5 Å². The third kappa shape index (κ3) is 5.74. The number of nitriles is 1. The normalized spacial score (nSPS) is 18.4. The average molecular weight is 407 g/mol. The van der Waals surface area contributed by atoms with Gasteiger partial charge in [-0.25, -0.2) is 4.98 Å². The highest BCUT2D eigenvalue weighted by atomic mass is 16.5. The summed E-state index contributed by atoms with van der Waals surface area (Å²) in [6.07, 6.45) is 8.23. The number of benzene rings is 1. The van der Waals surface area contributed by atoms with E-state index in [0.717, 1.165) is 31.2 Å². The van der Waals surface area contributed by atoms with E-state index in [-0.39, 0.29) is 18.1 Å². The summed E-state index contributed by atoms with van der Waals surface area (Å²) in [6.45, 7) is 0. The van der Waals surface area contributed by atoms with Crippen molar-refractivity contribution in [2.75, 3.05) is 14.2 Å². The minimum Gasteiger partial charge on any atom is -0.493 e. The Morgan fingerprint density at radius 3 is 2.53 bits per heavy atom. The topological polar surface area (TPSA) is 93.5 Å². The van der Waals surface area contributed by atoms with Crippen molar-refractivity contribution in [1.29, 1.82) is 5.26 Å². The molecule has 0 aliphatic heterocycles. The molecule has 1 N–H and O–H groups in total. The summed E-state index contributed by atoms with van der Waals surface area (Å²) in [5.74, 6) is 1.67. The summed E-state index contributed by atoms with van der Waals surface area (Å²) in [5, 5.41) is 11.9. The maximum atomic E-state index is 12.3. The zero-order valence-corrected chi connectivity index (χ0v) is 17.1. The van der Waals surface area contributed by atoms with Crippen LogP contribution in [0.5, 0.6) is 17.4 Å². The lowest BCUT2D eigenvalue weighted by Gasteiger charge is -2.28. The van der Waals surface area contributed by atoms with Crippen LogP contribution in [0.1, 0.15) is 36.8 Å². The smallest absolute Gasteiger partial charge is 0.244 e. The van der Waals surface area contributed by atoms with Crippen LogP contribution in [0.25, 0.3) is 6.08 Å². The molecule has 0 atom stereocenters. The Bertz CT molecular complexity index is 926. The van der Waals surface area contributed by atoms with E-state index in [1.807, 2.05) is 18.2 Å². The third-order valence-electron chi connectivity index (χ3n) is 5.01. The van der Waals surface area contributed by atoms with Crippen LogP contribution in [0.15, 0.2) is 42.6 Å². The maximum Gasteiger partial charge on any atom is 0.244 e. The van der Waals surface area contributed by atoms with Gasteiger partial charge in [0.2, 0.25) is 11.8 Å². The van der Waals surface area contributed by atoms with Gasteiger partial charge in [-0.1, -0.05) is 6.07 Å². The van der Waals surface area contributed by atoms with Gasteiger partial charge < -0.3 is 19.5 Å². The largest absolute Gasteiger partial charge is 0.493 e. The van der Waals surface area contributed by atoms with Crippen LogP contribution < -0.4 is 19.5 Å². The summed E-state index contributed by atoms with van der Waals surface area (Å²) >= 11 is 0. The molecule has 1 aliphatic carbocycles. The van der Waals surface area contributed by atoms with Crippen LogP contribution in [0.2, 0.25) is 0 Å². The number of nitrogens with one attached hydrogen (secondary N) is 1. The van der Waals surface area contributed by atoms with Crippen molar-refractivity contribution in [3.8, 4) is 23.4 Å². The van der Waals surface area contributed by atoms with Gasteiger partial charge in [-0.2, -0.15) is 5.26 Å². The first-order chi connectivity index (χ1) is 14.6. The molecule has 0 spiro atoms. The van der Waals surface area contributed by atoms with Crippen LogP contribution in [0.4, 0.5) is 0 Å². The van der Waals surface area contributed by atoms with Crippen molar-refractivity contribution in [3.05, 3.63) is 53.7 Å². The molecule has 3 rings (SSSR count). The lowest BCUT2D eigenvalue weighted by Crippen LogP contribution is -2.39. The van der Waals surface area contributed by atoms with Crippen LogP contribution in [-0.4, -0.2) is 37.3 Å². The molecule has 1 fully saturated rings. The van der Waals surface area contributed by atoms with Crippen LogP contribution in [0.3, 0.4) is 0 Å². The van der Waals surface area contributed by atoms with E-state index in [4.69, 9.17) is 19.5 Å². The second-order valence-corrected chi connectivity index (χ2v) is 7.04. The number of carbonyl (C=O) groups excluding carboxylic acids is 1. The van der Waals surface area contributed by atoms with Gasteiger partial charge in [-0.15, -0.1) is 0 Å². The minimum atomic E-state index is -0.122. The van der Waals surface area contributed by atoms with Gasteiger partial charge in [-0.3, -0.25) is 4.79 Å². The Morgan fingerprint density at radius 2 is 1.90 bits per heavy atom. The first-order valence-corrected chi connectivity index (χ1v) is 9.84. The molecule has 7 nitrogen and oxygen atoms in total. The minimum absolute atomic E-state index is 0.0703. The lowest BCUT2D eigenvalue weighted by molar-refractivity contribution is -0.117. The molecule has 1 aromatic heterocycles. The fourth-order valence-corrected chi connectivity index (χ4v) is 3.39. The molecular weight excluding hydrogens is 382 g/mol. The summed E-state index contributed by atoms with van der Waals surface area (Å²) < 4.78 is 16.4. The highest BCUT2D eigenvalue weighted by molar-refractivity contribution is 5.92. The average Bonchev–Trinajstić information content (AvgIpc) is 2.79. The molecule has 1 aliphatic rings. The van der Waals surface area contributed by atoms with Gasteiger partial charge in [0, 0.05) is 24.4 Å². The van der Waals surface area contributed by atoms with Crippen molar-refractivity contribution < 1.29 is 19.0 Å². The molecule has 1 amide bonds. The number of ether oxygens (including phenoxy) is 3. The number of hydrogen-bond donors (Lipinski definition) is 1. The third-order valence-corrected chi connectivity index (χ3v) is 5.01.